The Bertz CT molecular complexity index is 1640. The number of nitrogens with one attached hydrogen (secondary N) is 1. The number of nitrogens with zero attached hydrogens (tertiary/aromatic N) is 6. The van der Waals surface area contributed by atoms with E-state index >= 15 is 0 Å². The van der Waals surface area contributed by atoms with Gasteiger partial charge in [-0.15, -0.1) is 11.3 Å². The number of fused-ring (bicyclic) bond motifs is 2. The number of halogens is 2. The van der Waals surface area contributed by atoms with Gasteiger partial charge < -0.3 is 20.1 Å². The van der Waals surface area contributed by atoms with Crippen LogP contribution in [0.3, 0.4) is 0 Å². The monoisotopic (exact) mass is 613 g/mol. The van der Waals surface area contributed by atoms with Crippen LogP contribution in [0.2, 0.25) is 10.0 Å². The Morgan fingerprint density at radius 3 is 2.88 bits per heavy atom. The average Bonchev–Trinajstić information content (AvgIpc) is 3.21. The number of hydrogen-bond acceptors (Lipinski definition) is 8. The van der Waals surface area contributed by atoms with Crippen LogP contribution in [-0.4, -0.2) is 62.2 Å². The number of ether oxygens (including phenoxy) is 1. The third kappa shape index (κ3) is 4.54. The quantitative estimate of drug-likeness (QED) is 0.275. The number of carbonyl (C=O) groups is 1. The minimum Gasteiger partial charge on any atom is -0.465 e. The summed E-state index contributed by atoms with van der Waals surface area (Å²) in [7, 11) is 0. The van der Waals surface area contributed by atoms with E-state index in [0.29, 0.717) is 51.5 Å². The summed E-state index contributed by atoms with van der Waals surface area (Å²) in [5.41, 5.74) is 3.29. The van der Waals surface area contributed by atoms with Crippen molar-refractivity contribution in [2.75, 3.05) is 31.1 Å². The van der Waals surface area contributed by atoms with Crippen LogP contribution in [0.5, 0.6) is 0 Å². The van der Waals surface area contributed by atoms with Gasteiger partial charge in [-0.2, -0.15) is 5.10 Å². The molecule has 0 spiro atoms. The Morgan fingerprint density at radius 2 is 2.12 bits per heavy atom. The molecule has 1 aliphatic carbocycles. The summed E-state index contributed by atoms with van der Waals surface area (Å²) in [4.78, 5) is 28.5. The Morgan fingerprint density at radius 1 is 1.24 bits per heavy atom. The highest BCUT2D eigenvalue weighted by atomic mass is 35.5. The Hall–Kier alpha value is -2.99. The summed E-state index contributed by atoms with van der Waals surface area (Å²) >= 11 is 14.6. The second kappa shape index (κ2) is 10.4. The predicted octanol–water partition coefficient (Wildman–Crippen LogP) is 5.93. The number of amides is 1. The van der Waals surface area contributed by atoms with E-state index in [0.717, 1.165) is 55.3 Å². The molecule has 5 heterocycles. The molecule has 7 rings (SSSR count). The van der Waals surface area contributed by atoms with E-state index in [4.69, 9.17) is 48.0 Å². The zero-order valence-corrected chi connectivity index (χ0v) is 24.7. The van der Waals surface area contributed by atoms with Crippen LogP contribution >= 0.6 is 34.5 Å². The third-order valence-corrected chi connectivity index (χ3v) is 10.7. The van der Waals surface area contributed by atoms with Gasteiger partial charge in [0.25, 0.3) is 0 Å². The van der Waals surface area contributed by atoms with E-state index in [1.165, 1.54) is 0 Å². The number of aromatic nitrogens is 5. The molecule has 41 heavy (non-hydrogen) atoms. The average molecular weight is 615 g/mol. The van der Waals surface area contributed by atoms with Crippen molar-refractivity contribution in [3.63, 3.8) is 0 Å². The van der Waals surface area contributed by atoms with Crippen LogP contribution in [0.4, 0.5) is 10.6 Å². The summed E-state index contributed by atoms with van der Waals surface area (Å²) in [6, 6.07) is 5.49. The van der Waals surface area contributed by atoms with Crippen LogP contribution in [-0.2, 0) is 10.2 Å². The van der Waals surface area contributed by atoms with Crippen molar-refractivity contribution in [3.8, 4) is 11.3 Å². The van der Waals surface area contributed by atoms with Gasteiger partial charge in [0.15, 0.2) is 11.9 Å². The van der Waals surface area contributed by atoms with E-state index in [-0.39, 0.29) is 17.6 Å². The molecule has 3 fully saturated rings. The van der Waals surface area contributed by atoms with Gasteiger partial charge in [-0.05, 0) is 50.5 Å². The van der Waals surface area contributed by atoms with E-state index in [1.54, 1.807) is 23.6 Å². The second-order valence-electron chi connectivity index (χ2n) is 11.1. The van der Waals surface area contributed by atoms with Crippen molar-refractivity contribution in [1.29, 1.82) is 0 Å². The third-order valence-electron chi connectivity index (χ3n) is 8.73. The fourth-order valence-corrected chi connectivity index (χ4v) is 8.18. The van der Waals surface area contributed by atoms with Crippen molar-refractivity contribution in [2.24, 2.45) is 11.8 Å². The largest absolute Gasteiger partial charge is 0.465 e. The molecule has 13 heteroatoms. The van der Waals surface area contributed by atoms with Gasteiger partial charge in [0.2, 0.25) is 0 Å². The van der Waals surface area contributed by atoms with E-state index < -0.39 is 6.09 Å². The van der Waals surface area contributed by atoms with E-state index in [9.17, 15) is 9.90 Å². The number of rotatable bonds is 6. The molecule has 4 atom stereocenters. The highest BCUT2D eigenvalue weighted by molar-refractivity contribution is 7.09. The van der Waals surface area contributed by atoms with Gasteiger partial charge >= 0.3 is 6.09 Å². The lowest BCUT2D eigenvalue weighted by molar-refractivity contribution is -0.0368. The van der Waals surface area contributed by atoms with Crippen LogP contribution < -0.4 is 10.2 Å². The van der Waals surface area contributed by atoms with Gasteiger partial charge in [0, 0.05) is 48.3 Å². The SMILES string of the molecule is Cc1csc(C2(CNC(=O)O)C3CCN(c4cnc5c(-c6cccc(Cl)c6Cl)nn(C6CCCCO6)c5n4)CC32)n1. The van der Waals surface area contributed by atoms with Crippen molar-refractivity contribution in [2.45, 2.75) is 44.2 Å². The number of aryl methyl sites for hydroxylation is 1. The summed E-state index contributed by atoms with van der Waals surface area (Å²) in [5, 5.41) is 20.9. The first-order chi connectivity index (χ1) is 19.9. The van der Waals surface area contributed by atoms with Gasteiger partial charge in [-0.3, -0.25) is 0 Å². The molecule has 4 unspecified atom stereocenters. The summed E-state index contributed by atoms with van der Waals surface area (Å²) in [6.45, 7) is 4.54. The topological polar surface area (TPSA) is 118 Å². The molecule has 214 valence electrons. The number of thiazole rings is 1. The lowest BCUT2D eigenvalue weighted by Crippen LogP contribution is -2.35. The highest BCUT2D eigenvalue weighted by Crippen LogP contribution is 2.63. The van der Waals surface area contributed by atoms with Crippen LogP contribution in [0.25, 0.3) is 22.4 Å². The number of carboxylic acid groups (broad SMARTS) is 1. The number of anilines is 1. The summed E-state index contributed by atoms with van der Waals surface area (Å²) in [6.07, 6.45) is 4.37. The predicted molar refractivity (Wildman–Crippen MR) is 158 cm³/mol. The standard InChI is InChI=1S/C28H29Cl2N7O3S/c1-15-13-41-26(33-15)28(14-32-27(38)39)17-8-9-36(12-18(17)28)20-11-31-24-23(16-5-4-6-19(29)22(16)30)35-37(25(24)34-20)21-7-2-3-10-40-21/h4-6,11,13,17-18,21,32H,2-3,7-10,12,14H2,1H3,(H,38,39). The number of hydrogen-bond donors (Lipinski definition) is 2. The molecular weight excluding hydrogens is 585 g/mol. The zero-order valence-electron chi connectivity index (χ0n) is 22.4. The minimum absolute atomic E-state index is 0.237. The molecule has 2 N–H and O–H groups in total. The zero-order chi connectivity index (χ0) is 28.3. The Labute approximate surface area is 250 Å². The van der Waals surface area contributed by atoms with E-state index in [2.05, 4.69) is 10.2 Å². The Balaban J connectivity index is 1.25. The van der Waals surface area contributed by atoms with Gasteiger partial charge in [-0.1, -0.05) is 35.3 Å². The van der Waals surface area contributed by atoms with Gasteiger partial charge in [-0.25, -0.2) is 24.4 Å². The molecule has 2 aliphatic heterocycles. The van der Waals surface area contributed by atoms with Crippen LogP contribution in [0, 0.1) is 18.8 Å². The van der Waals surface area contributed by atoms with Crippen molar-refractivity contribution in [1.82, 2.24) is 30.0 Å². The second-order valence-corrected chi connectivity index (χ2v) is 12.7. The van der Waals surface area contributed by atoms with Crippen molar-refractivity contribution in [3.05, 3.63) is 50.5 Å². The van der Waals surface area contributed by atoms with Gasteiger partial charge in [0.1, 0.15) is 22.0 Å². The number of piperidine rings is 1. The first-order valence-corrected chi connectivity index (χ1v) is 15.5. The van der Waals surface area contributed by atoms with Crippen molar-refractivity contribution < 1.29 is 14.6 Å². The lowest BCUT2D eigenvalue weighted by Gasteiger charge is -2.27. The summed E-state index contributed by atoms with van der Waals surface area (Å²) in [5.74, 6) is 1.39. The first kappa shape index (κ1) is 26.9. The molecule has 4 aromatic rings. The lowest BCUT2D eigenvalue weighted by atomic mass is 10.0. The molecule has 0 bridgehead atoms. The maximum Gasteiger partial charge on any atom is 0.404 e. The van der Waals surface area contributed by atoms with Crippen LogP contribution in [0.15, 0.2) is 29.8 Å². The summed E-state index contributed by atoms with van der Waals surface area (Å²) < 4.78 is 7.96. The fraction of sp³-hybridized carbons (Fsp3) is 0.464. The molecule has 10 nitrogen and oxygen atoms in total. The maximum atomic E-state index is 11.4. The smallest absolute Gasteiger partial charge is 0.404 e. The molecule has 1 aromatic carbocycles. The fourth-order valence-electron chi connectivity index (χ4n) is 6.67. The first-order valence-electron chi connectivity index (χ1n) is 13.8. The molecule has 1 saturated carbocycles. The number of benzene rings is 1. The van der Waals surface area contributed by atoms with Crippen LogP contribution in [0.1, 0.15) is 42.6 Å². The minimum atomic E-state index is -1.01. The molecule has 3 aromatic heterocycles. The molecule has 1 amide bonds. The molecular formula is C28H29Cl2N7O3S. The van der Waals surface area contributed by atoms with E-state index in [1.807, 2.05) is 29.1 Å². The maximum absolute atomic E-state index is 11.4. The molecule has 0 radical (unpaired) electrons. The highest BCUT2D eigenvalue weighted by Gasteiger charge is 2.68. The normalized spacial score (nSPS) is 25.7. The molecule has 3 aliphatic rings. The Kier molecular flexibility index (Phi) is 6.80. The van der Waals surface area contributed by atoms with Gasteiger partial charge in [0.05, 0.1) is 16.2 Å². The molecule has 2 saturated heterocycles. The van der Waals surface area contributed by atoms with Crippen molar-refractivity contribution >= 4 is 57.6 Å².